The van der Waals surface area contributed by atoms with Gasteiger partial charge in [0.25, 0.3) is 0 Å². The van der Waals surface area contributed by atoms with E-state index >= 15 is 0 Å². The minimum Gasteiger partial charge on any atom is -0.497 e. The van der Waals surface area contributed by atoms with Crippen molar-refractivity contribution in [1.29, 1.82) is 0 Å². The summed E-state index contributed by atoms with van der Waals surface area (Å²) < 4.78 is 26.8. The molecule has 2 aromatic carbocycles. The van der Waals surface area contributed by atoms with Crippen molar-refractivity contribution in [1.82, 2.24) is 14.9 Å². The van der Waals surface area contributed by atoms with E-state index in [2.05, 4.69) is 10.3 Å². The number of ether oxygens (including phenoxy) is 2. The number of nitrogens with zero attached hydrogens (tertiary/aromatic N) is 3. The van der Waals surface area contributed by atoms with Crippen LogP contribution in [-0.4, -0.2) is 42.1 Å². The topological polar surface area (TPSA) is 85.7 Å². The molecule has 33 heavy (non-hydrogen) atoms. The van der Waals surface area contributed by atoms with Gasteiger partial charge in [-0.05, 0) is 29.8 Å². The molecule has 0 aliphatic carbocycles. The fraction of sp³-hybridized carbons (Fsp3) is 0.292. The molecule has 0 bridgehead atoms. The van der Waals surface area contributed by atoms with E-state index in [1.165, 1.54) is 17.0 Å². The number of hydrogen-bond acceptors (Lipinski definition) is 5. The van der Waals surface area contributed by atoms with Crippen LogP contribution in [0.4, 0.5) is 10.1 Å². The second kappa shape index (κ2) is 9.32. The molecule has 2 amide bonds. The SMILES string of the molecule is COc1cc(OC)cc(C(NC(=O)C2CC(=O)N(c3ccccc3F)C2)c2nccn2C)c1. The van der Waals surface area contributed by atoms with Gasteiger partial charge in [0.2, 0.25) is 11.8 Å². The van der Waals surface area contributed by atoms with Gasteiger partial charge in [-0.25, -0.2) is 9.37 Å². The number of carbonyl (C=O) groups excluding carboxylic acids is 2. The van der Waals surface area contributed by atoms with E-state index in [1.54, 1.807) is 56.9 Å². The number of hydrogen-bond donors (Lipinski definition) is 1. The number of halogens is 1. The number of imidazole rings is 1. The number of nitrogens with one attached hydrogen (secondary N) is 1. The zero-order valence-corrected chi connectivity index (χ0v) is 18.6. The molecule has 2 heterocycles. The Balaban J connectivity index is 1.61. The van der Waals surface area contributed by atoms with Crippen LogP contribution in [0, 0.1) is 11.7 Å². The standard InChI is InChI=1S/C24H25FN4O4/c1-28-9-8-26-23(28)22(15-10-17(32-2)13-18(11-15)33-3)27-24(31)16-12-21(30)29(14-16)20-7-5-4-6-19(20)25/h4-11,13,16,22H,12,14H2,1-3H3,(H,27,31). The lowest BCUT2D eigenvalue weighted by Gasteiger charge is -2.22. The van der Waals surface area contributed by atoms with Gasteiger partial charge in [-0.3, -0.25) is 9.59 Å². The monoisotopic (exact) mass is 452 g/mol. The third-order valence-electron chi connectivity index (χ3n) is 5.75. The first-order chi connectivity index (χ1) is 15.9. The highest BCUT2D eigenvalue weighted by molar-refractivity contribution is 6.00. The highest BCUT2D eigenvalue weighted by atomic mass is 19.1. The van der Waals surface area contributed by atoms with E-state index in [0.717, 1.165) is 0 Å². The van der Waals surface area contributed by atoms with Crippen molar-refractivity contribution in [3.8, 4) is 11.5 Å². The Labute approximate surface area is 190 Å². The van der Waals surface area contributed by atoms with Crippen molar-refractivity contribution in [2.45, 2.75) is 12.5 Å². The summed E-state index contributed by atoms with van der Waals surface area (Å²) >= 11 is 0. The molecule has 1 fully saturated rings. The Morgan fingerprint density at radius 3 is 2.48 bits per heavy atom. The van der Waals surface area contributed by atoms with Crippen LogP contribution < -0.4 is 19.7 Å². The molecule has 9 heteroatoms. The van der Waals surface area contributed by atoms with Gasteiger partial charge in [0.05, 0.1) is 25.8 Å². The number of aryl methyl sites for hydroxylation is 1. The molecule has 3 aromatic rings. The number of methoxy groups -OCH3 is 2. The minimum absolute atomic E-state index is 0.00507. The molecule has 1 N–H and O–H groups in total. The maximum atomic E-state index is 14.2. The van der Waals surface area contributed by atoms with Gasteiger partial charge in [-0.15, -0.1) is 0 Å². The van der Waals surface area contributed by atoms with E-state index in [4.69, 9.17) is 9.47 Å². The third kappa shape index (κ3) is 4.52. The van der Waals surface area contributed by atoms with Crippen LogP contribution in [0.15, 0.2) is 54.9 Å². The van der Waals surface area contributed by atoms with Crippen LogP contribution >= 0.6 is 0 Å². The number of anilines is 1. The van der Waals surface area contributed by atoms with Crippen LogP contribution in [0.2, 0.25) is 0 Å². The van der Waals surface area contributed by atoms with Crippen molar-refractivity contribution < 1.29 is 23.5 Å². The van der Waals surface area contributed by atoms with Gasteiger partial charge in [-0.1, -0.05) is 12.1 Å². The van der Waals surface area contributed by atoms with E-state index in [0.29, 0.717) is 22.9 Å². The lowest BCUT2D eigenvalue weighted by Crippen LogP contribution is -2.37. The van der Waals surface area contributed by atoms with Gasteiger partial charge in [0.15, 0.2) is 0 Å². The van der Waals surface area contributed by atoms with Crippen LogP contribution in [0.5, 0.6) is 11.5 Å². The fourth-order valence-electron chi connectivity index (χ4n) is 4.00. The molecule has 1 saturated heterocycles. The highest BCUT2D eigenvalue weighted by Crippen LogP contribution is 2.31. The number of carbonyl (C=O) groups is 2. The number of para-hydroxylation sites is 1. The second-order valence-electron chi connectivity index (χ2n) is 7.84. The summed E-state index contributed by atoms with van der Waals surface area (Å²) in [6.45, 7) is 0.0975. The van der Waals surface area contributed by atoms with Crippen LogP contribution in [0.1, 0.15) is 23.9 Å². The lowest BCUT2D eigenvalue weighted by molar-refractivity contribution is -0.126. The van der Waals surface area contributed by atoms with Gasteiger partial charge < -0.3 is 24.3 Å². The maximum absolute atomic E-state index is 14.2. The highest BCUT2D eigenvalue weighted by Gasteiger charge is 2.37. The molecule has 0 saturated carbocycles. The largest absolute Gasteiger partial charge is 0.497 e. The van der Waals surface area contributed by atoms with E-state index in [-0.39, 0.29) is 30.5 Å². The zero-order valence-electron chi connectivity index (χ0n) is 18.6. The summed E-state index contributed by atoms with van der Waals surface area (Å²) in [6, 6.07) is 10.8. The normalized spacial score (nSPS) is 16.5. The lowest BCUT2D eigenvalue weighted by atomic mass is 10.0. The second-order valence-corrected chi connectivity index (χ2v) is 7.84. The fourth-order valence-corrected chi connectivity index (χ4v) is 4.00. The first-order valence-corrected chi connectivity index (χ1v) is 10.5. The van der Waals surface area contributed by atoms with Gasteiger partial charge in [0, 0.05) is 38.5 Å². The van der Waals surface area contributed by atoms with Crippen molar-refractivity contribution >= 4 is 17.5 Å². The molecular weight excluding hydrogens is 427 g/mol. The Hall–Kier alpha value is -3.88. The molecule has 2 unspecified atom stereocenters. The zero-order chi connectivity index (χ0) is 23.5. The summed E-state index contributed by atoms with van der Waals surface area (Å²) in [4.78, 5) is 31.6. The molecule has 0 spiro atoms. The predicted molar refractivity (Wildman–Crippen MR) is 120 cm³/mol. The summed E-state index contributed by atoms with van der Waals surface area (Å²) in [5.74, 6) is -0.00411. The van der Waals surface area contributed by atoms with E-state index in [9.17, 15) is 14.0 Å². The van der Waals surface area contributed by atoms with Gasteiger partial charge >= 0.3 is 0 Å². The smallest absolute Gasteiger partial charge is 0.227 e. The third-order valence-corrected chi connectivity index (χ3v) is 5.75. The number of rotatable bonds is 7. The Bertz CT molecular complexity index is 1160. The molecular formula is C24H25FN4O4. The maximum Gasteiger partial charge on any atom is 0.227 e. The van der Waals surface area contributed by atoms with Crippen molar-refractivity contribution in [2.24, 2.45) is 13.0 Å². The van der Waals surface area contributed by atoms with Gasteiger partial charge in [-0.2, -0.15) is 0 Å². The van der Waals surface area contributed by atoms with Gasteiger partial charge in [0.1, 0.15) is 29.2 Å². The van der Waals surface area contributed by atoms with Crippen molar-refractivity contribution in [3.63, 3.8) is 0 Å². The van der Waals surface area contributed by atoms with Crippen LogP contribution in [-0.2, 0) is 16.6 Å². The van der Waals surface area contributed by atoms with Crippen LogP contribution in [0.3, 0.4) is 0 Å². The molecule has 0 radical (unpaired) electrons. The molecule has 1 aromatic heterocycles. The van der Waals surface area contributed by atoms with Crippen molar-refractivity contribution in [2.75, 3.05) is 25.7 Å². The minimum atomic E-state index is -0.632. The summed E-state index contributed by atoms with van der Waals surface area (Å²) in [5, 5.41) is 3.02. The molecule has 4 rings (SSSR count). The Morgan fingerprint density at radius 2 is 1.88 bits per heavy atom. The number of amides is 2. The average molecular weight is 452 g/mol. The molecule has 1 aliphatic rings. The van der Waals surface area contributed by atoms with Crippen LogP contribution in [0.25, 0.3) is 0 Å². The first-order valence-electron chi connectivity index (χ1n) is 10.5. The van der Waals surface area contributed by atoms with Crippen molar-refractivity contribution in [3.05, 3.63) is 72.1 Å². The molecule has 172 valence electrons. The summed E-state index contributed by atoms with van der Waals surface area (Å²) in [7, 11) is 4.93. The number of aromatic nitrogens is 2. The molecule has 8 nitrogen and oxygen atoms in total. The summed E-state index contributed by atoms with van der Waals surface area (Å²) in [5.41, 5.74) is 0.889. The summed E-state index contributed by atoms with van der Waals surface area (Å²) in [6.07, 6.45) is 3.42. The molecule has 2 atom stereocenters. The predicted octanol–water partition coefficient (Wildman–Crippen LogP) is 2.84. The average Bonchev–Trinajstić information content (AvgIpc) is 3.42. The quantitative estimate of drug-likeness (QED) is 0.596. The van der Waals surface area contributed by atoms with E-state index in [1.807, 2.05) is 11.6 Å². The first kappa shape index (κ1) is 22.3. The number of benzene rings is 2. The Morgan fingerprint density at radius 1 is 1.18 bits per heavy atom. The molecule has 1 aliphatic heterocycles. The Kier molecular flexibility index (Phi) is 6.30. The van der Waals surface area contributed by atoms with E-state index < -0.39 is 17.8 Å².